The highest BCUT2D eigenvalue weighted by atomic mass is 16.5. The van der Waals surface area contributed by atoms with Crippen molar-refractivity contribution in [3.63, 3.8) is 0 Å². The standard InChI is InChI=1S/C34H40O/c1-3-4-5-6-7-28-14-16-31(17-15-28)26-35-34-24-22-33(23-25-34)32-20-18-30(19-21-32)13-12-29-10-8-27(2)9-11-29/h8-14,16,18-25,28,31H,3-7,15,17,26H2,1-2H3/b13-12+. The van der Waals surface area contributed by atoms with E-state index in [1.54, 1.807) is 0 Å². The summed E-state index contributed by atoms with van der Waals surface area (Å²) in [6.45, 7) is 5.17. The molecule has 0 aromatic heterocycles. The van der Waals surface area contributed by atoms with E-state index in [0.717, 1.165) is 18.3 Å². The summed E-state index contributed by atoms with van der Waals surface area (Å²) in [6.07, 6.45) is 18.6. The third-order valence-electron chi connectivity index (χ3n) is 7.10. The Kier molecular flexibility index (Phi) is 9.40. The summed E-state index contributed by atoms with van der Waals surface area (Å²) < 4.78 is 6.12. The van der Waals surface area contributed by atoms with Crippen LogP contribution in [0.25, 0.3) is 23.3 Å². The van der Waals surface area contributed by atoms with Gasteiger partial charge in [-0.3, -0.25) is 0 Å². The van der Waals surface area contributed by atoms with Crippen molar-refractivity contribution in [1.82, 2.24) is 0 Å². The van der Waals surface area contributed by atoms with Crippen LogP contribution in [0.2, 0.25) is 0 Å². The van der Waals surface area contributed by atoms with Crippen LogP contribution in [0.1, 0.15) is 68.6 Å². The maximum atomic E-state index is 6.12. The van der Waals surface area contributed by atoms with Crippen molar-refractivity contribution in [2.24, 2.45) is 11.8 Å². The second-order valence-electron chi connectivity index (χ2n) is 10.0. The summed E-state index contributed by atoms with van der Waals surface area (Å²) in [5.74, 6) is 2.29. The topological polar surface area (TPSA) is 9.23 Å². The monoisotopic (exact) mass is 464 g/mol. The zero-order chi connectivity index (χ0) is 24.3. The molecule has 0 radical (unpaired) electrons. The number of hydrogen-bond donors (Lipinski definition) is 0. The van der Waals surface area contributed by atoms with Crippen LogP contribution in [0, 0.1) is 18.8 Å². The van der Waals surface area contributed by atoms with Crippen molar-refractivity contribution in [2.45, 2.75) is 58.8 Å². The minimum atomic E-state index is 0.544. The number of rotatable bonds is 11. The van der Waals surface area contributed by atoms with Crippen LogP contribution in [0.3, 0.4) is 0 Å². The van der Waals surface area contributed by atoms with Gasteiger partial charge in [0.1, 0.15) is 5.75 Å². The molecule has 0 N–H and O–H groups in total. The Bertz CT molecular complexity index is 1070. The van der Waals surface area contributed by atoms with E-state index in [1.807, 2.05) is 0 Å². The van der Waals surface area contributed by atoms with Gasteiger partial charge in [-0.25, -0.2) is 0 Å². The second-order valence-corrected chi connectivity index (χ2v) is 10.0. The average molecular weight is 465 g/mol. The van der Waals surface area contributed by atoms with Crippen molar-refractivity contribution in [1.29, 1.82) is 0 Å². The van der Waals surface area contributed by atoms with E-state index in [4.69, 9.17) is 4.74 Å². The van der Waals surface area contributed by atoms with Gasteiger partial charge in [0, 0.05) is 5.92 Å². The first-order valence-corrected chi connectivity index (χ1v) is 13.5. The summed E-state index contributed by atoms with van der Waals surface area (Å²) >= 11 is 0. The molecule has 0 bridgehead atoms. The van der Waals surface area contributed by atoms with Crippen molar-refractivity contribution >= 4 is 12.2 Å². The number of hydrogen-bond acceptors (Lipinski definition) is 1. The minimum Gasteiger partial charge on any atom is -0.493 e. The second kappa shape index (κ2) is 13.1. The predicted octanol–water partition coefficient (Wildman–Crippen LogP) is 9.76. The molecule has 2 atom stereocenters. The van der Waals surface area contributed by atoms with Gasteiger partial charge in [0.15, 0.2) is 0 Å². The van der Waals surface area contributed by atoms with Gasteiger partial charge in [0.2, 0.25) is 0 Å². The SMILES string of the molecule is CCCCCCC1C=CC(COc2ccc(-c3ccc(/C=C/c4ccc(C)cc4)cc3)cc2)CC1. The fourth-order valence-electron chi connectivity index (χ4n) is 4.75. The van der Waals surface area contributed by atoms with Crippen LogP contribution in [0.4, 0.5) is 0 Å². The molecule has 1 nitrogen and oxygen atoms in total. The Hall–Kier alpha value is -3.06. The van der Waals surface area contributed by atoms with Crippen LogP contribution in [-0.2, 0) is 0 Å². The van der Waals surface area contributed by atoms with Crippen molar-refractivity contribution < 1.29 is 4.74 Å². The van der Waals surface area contributed by atoms with Crippen molar-refractivity contribution in [3.05, 3.63) is 102 Å². The summed E-state index contributed by atoms with van der Waals surface area (Å²) in [5.41, 5.74) is 6.16. The van der Waals surface area contributed by atoms with E-state index in [9.17, 15) is 0 Å². The highest BCUT2D eigenvalue weighted by molar-refractivity contribution is 5.72. The fourth-order valence-corrected chi connectivity index (χ4v) is 4.75. The van der Waals surface area contributed by atoms with E-state index < -0.39 is 0 Å². The van der Waals surface area contributed by atoms with Gasteiger partial charge in [-0.05, 0) is 66.5 Å². The first kappa shape index (κ1) is 25.0. The zero-order valence-corrected chi connectivity index (χ0v) is 21.5. The Balaban J connectivity index is 1.24. The largest absolute Gasteiger partial charge is 0.493 e. The Morgan fingerprint density at radius 2 is 1.26 bits per heavy atom. The molecule has 2 unspecified atom stereocenters. The molecule has 0 saturated carbocycles. The summed E-state index contributed by atoms with van der Waals surface area (Å²) in [6, 6.07) is 25.9. The van der Waals surface area contributed by atoms with Gasteiger partial charge in [-0.15, -0.1) is 0 Å². The van der Waals surface area contributed by atoms with E-state index >= 15 is 0 Å². The Labute approximate surface area is 212 Å². The molecule has 1 aliphatic carbocycles. The first-order valence-electron chi connectivity index (χ1n) is 13.5. The highest BCUT2D eigenvalue weighted by Crippen LogP contribution is 2.28. The Morgan fingerprint density at radius 3 is 1.86 bits per heavy atom. The van der Waals surface area contributed by atoms with Crippen LogP contribution in [0.15, 0.2) is 84.9 Å². The molecule has 182 valence electrons. The van der Waals surface area contributed by atoms with E-state index in [-0.39, 0.29) is 0 Å². The van der Waals surface area contributed by atoms with E-state index in [2.05, 4.69) is 111 Å². The normalized spacial score (nSPS) is 17.7. The lowest BCUT2D eigenvalue weighted by molar-refractivity contribution is 0.254. The lowest BCUT2D eigenvalue weighted by Crippen LogP contribution is -2.15. The number of benzene rings is 3. The van der Waals surface area contributed by atoms with Gasteiger partial charge in [0.05, 0.1) is 6.61 Å². The molecular weight excluding hydrogens is 424 g/mol. The highest BCUT2D eigenvalue weighted by Gasteiger charge is 2.16. The number of allylic oxidation sites excluding steroid dienone is 1. The molecule has 0 heterocycles. The number of unbranched alkanes of at least 4 members (excludes halogenated alkanes) is 3. The lowest BCUT2D eigenvalue weighted by Gasteiger charge is -2.23. The summed E-state index contributed by atoms with van der Waals surface area (Å²) in [5, 5.41) is 0. The lowest BCUT2D eigenvalue weighted by atomic mass is 9.86. The molecule has 4 rings (SSSR count). The average Bonchev–Trinajstić information content (AvgIpc) is 2.91. The van der Waals surface area contributed by atoms with Crippen LogP contribution >= 0.6 is 0 Å². The smallest absolute Gasteiger partial charge is 0.119 e. The van der Waals surface area contributed by atoms with Crippen LogP contribution in [-0.4, -0.2) is 6.61 Å². The maximum Gasteiger partial charge on any atom is 0.119 e. The molecule has 3 aromatic rings. The third kappa shape index (κ3) is 7.99. The van der Waals surface area contributed by atoms with Crippen LogP contribution in [0.5, 0.6) is 5.75 Å². The molecule has 1 heteroatoms. The van der Waals surface area contributed by atoms with Gasteiger partial charge < -0.3 is 4.74 Å². The molecule has 0 spiro atoms. The van der Waals surface area contributed by atoms with Gasteiger partial charge in [-0.2, -0.15) is 0 Å². The fraction of sp³-hybridized carbons (Fsp3) is 0.353. The number of ether oxygens (including phenoxy) is 1. The summed E-state index contributed by atoms with van der Waals surface area (Å²) in [7, 11) is 0. The molecule has 0 amide bonds. The van der Waals surface area contributed by atoms with Crippen molar-refractivity contribution in [2.75, 3.05) is 6.61 Å². The van der Waals surface area contributed by atoms with Gasteiger partial charge >= 0.3 is 0 Å². The number of aryl methyl sites for hydroxylation is 1. The summed E-state index contributed by atoms with van der Waals surface area (Å²) in [4.78, 5) is 0. The third-order valence-corrected chi connectivity index (χ3v) is 7.10. The quantitative estimate of drug-likeness (QED) is 0.156. The molecule has 35 heavy (non-hydrogen) atoms. The predicted molar refractivity (Wildman–Crippen MR) is 152 cm³/mol. The first-order chi connectivity index (χ1) is 17.2. The maximum absolute atomic E-state index is 6.12. The van der Waals surface area contributed by atoms with E-state index in [0.29, 0.717) is 5.92 Å². The Morgan fingerprint density at radius 1 is 0.686 bits per heavy atom. The molecule has 3 aromatic carbocycles. The molecule has 1 aliphatic rings. The van der Waals surface area contributed by atoms with Crippen molar-refractivity contribution in [3.8, 4) is 16.9 Å². The zero-order valence-electron chi connectivity index (χ0n) is 21.5. The van der Waals surface area contributed by atoms with Crippen LogP contribution < -0.4 is 4.74 Å². The van der Waals surface area contributed by atoms with Gasteiger partial charge in [-0.1, -0.05) is 123 Å². The van der Waals surface area contributed by atoms with E-state index in [1.165, 1.54) is 72.8 Å². The molecule has 0 aliphatic heterocycles. The van der Waals surface area contributed by atoms with Gasteiger partial charge in [0.25, 0.3) is 0 Å². The molecule has 0 saturated heterocycles. The molecule has 0 fully saturated rings. The minimum absolute atomic E-state index is 0.544. The molecular formula is C34H40O.